The van der Waals surface area contributed by atoms with E-state index in [0.29, 0.717) is 11.5 Å². The number of imidazole rings is 1. The van der Waals surface area contributed by atoms with Crippen molar-refractivity contribution in [1.29, 1.82) is 0 Å². The smallest absolute Gasteiger partial charge is 0.335 e. The summed E-state index contributed by atoms with van der Waals surface area (Å²) in [4.78, 5) is 21.5. The zero-order chi connectivity index (χ0) is 16.5. The van der Waals surface area contributed by atoms with Crippen molar-refractivity contribution in [1.82, 2.24) is 14.9 Å². The first-order valence-corrected chi connectivity index (χ1v) is 8.18. The number of aromatic amines is 1. The van der Waals surface area contributed by atoms with Crippen LogP contribution in [0.1, 0.15) is 34.1 Å². The highest BCUT2D eigenvalue weighted by Gasteiger charge is 2.26. The molecule has 1 aromatic heterocycles. The topological polar surface area (TPSA) is 69.2 Å². The van der Waals surface area contributed by atoms with Crippen LogP contribution < -0.4 is 0 Å². The lowest BCUT2D eigenvalue weighted by atomic mass is 10.1. The van der Waals surface area contributed by atoms with Gasteiger partial charge in [-0.25, -0.2) is 9.78 Å². The summed E-state index contributed by atoms with van der Waals surface area (Å²) in [7, 11) is 0. The first-order valence-electron chi connectivity index (χ1n) is 8.18. The van der Waals surface area contributed by atoms with Gasteiger partial charge < -0.3 is 10.1 Å². The van der Waals surface area contributed by atoms with Crippen LogP contribution in [0.3, 0.4) is 0 Å². The summed E-state index contributed by atoms with van der Waals surface area (Å²) >= 11 is 0. The number of nitrogens with zero attached hydrogens (tertiary/aromatic N) is 2. The van der Waals surface area contributed by atoms with E-state index in [1.807, 2.05) is 30.3 Å². The minimum absolute atomic E-state index is 0.334. The second-order valence-corrected chi connectivity index (χ2v) is 6.36. The molecule has 0 bridgehead atoms. The number of aromatic carboxylic acids is 1. The van der Waals surface area contributed by atoms with Gasteiger partial charge in [0.1, 0.15) is 5.82 Å². The molecule has 1 atom stereocenters. The molecule has 4 rings (SSSR count). The van der Waals surface area contributed by atoms with E-state index in [0.717, 1.165) is 48.5 Å². The molecule has 5 heteroatoms. The first kappa shape index (κ1) is 14.9. The molecule has 0 saturated carbocycles. The van der Waals surface area contributed by atoms with Crippen LogP contribution in [-0.2, 0) is 6.54 Å². The molecule has 5 nitrogen and oxygen atoms in total. The highest BCUT2D eigenvalue weighted by atomic mass is 16.4. The first-order chi connectivity index (χ1) is 11.7. The number of hydrogen-bond acceptors (Lipinski definition) is 3. The minimum atomic E-state index is -0.882. The largest absolute Gasteiger partial charge is 0.478 e. The van der Waals surface area contributed by atoms with Crippen LogP contribution in [-0.4, -0.2) is 39.0 Å². The molecule has 1 fully saturated rings. The average Bonchev–Trinajstić information content (AvgIpc) is 3.21. The lowest BCUT2D eigenvalue weighted by Crippen LogP contribution is -2.20. The predicted octanol–water partition coefficient (Wildman–Crippen LogP) is 3.25. The molecule has 0 spiro atoms. The van der Waals surface area contributed by atoms with E-state index < -0.39 is 5.97 Å². The van der Waals surface area contributed by atoms with Crippen LogP contribution in [0, 0.1) is 0 Å². The number of carboxylic acids is 1. The summed E-state index contributed by atoms with van der Waals surface area (Å²) < 4.78 is 0. The van der Waals surface area contributed by atoms with Gasteiger partial charge in [-0.1, -0.05) is 24.3 Å². The van der Waals surface area contributed by atoms with Crippen LogP contribution in [0.15, 0.2) is 48.5 Å². The van der Waals surface area contributed by atoms with Crippen LogP contribution in [0.4, 0.5) is 0 Å². The van der Waals surface area contributed by atoms with Gasteiger partial charge in [0.25, 0.3) is 0 Å². The summed E-state index contributed by atoms with van der Waals surface area (Å²) in [6, 6.07) is 15.3. The van der Waals surface area contributed by atoms with Crippen LogP contribution >= 0.6 is 0 Å². The zero-order valence-corrected chi connectivity index (χ0v) is 13.3. The lowest BCUT2D eigenvalue weighted by molar-refractivity contribution is 0.0697. The second-order valence-electron chi connectivity index (χ2n) is 6.36. The SMILES string of the molecule is O=C(O)c1ccc(CN2CC[C@H](c3nc4ccccc4[nH]3)C2)cc1. The quantitative estimate of drug-likeness (QED) is 0.774. The van der Waals surface area contributed by atoms with Crippen LogP contribution in [0.2, 0.25) is 0 Å². The van der Waals surface area contributed by atoms with Crippen molar-refractivity contribution in [2.75, 3.05) is 13.1 Å². The molecule has 24 heavy (non-hydrogen) atoms. The van der Waals surface area contributed by atoms with Gasteiger partial charge >= 0.3 is 5.97 Å². The number of fused-ring (bicyclic) bond motifs is 1. The molecule has 0 radical (unpaired) electrons. The van der Waals surface area contributed by atoms with Gasteiger partial charge in [0.05, 0.1) is 16.6 Å². The van der Waals surface area contributed by atoms with Gasteiger partial charge in [-0.05, 0) is 42.8 Å². The van der Waals surface area contributed by atoms with E-state index in [9.17, 15) is 4.79 Å². The van der Waals surface area contributed by atoms with E-state index in [1.165, 1.54) is 0 Å². The average molecular weight is 321 g/mol. The molecule has 3 aromatic rings. The molecule has 122 valence electrons. The molecular formula is C19H19N3O2. The Morgan fingerprint density at radius 2 is 2.00 bits per heavy atom. The standard InChI is InChI=1S/C19H19N3O2/c23-19(24)14-7-5-13(6-8-14)11-22-10-9-15(12-22)18-20-16-3-1-2-4-17(16)21-18/h1-8,15H,9-12H2,(H,20,21)(H,23,24)/t15-/m0/s1. The third-order valence-corrected chi connectivity index (χ3v) is 4.67. The molecular weight excluding hydrogens is 302 g/mol. The number of aromatic nitrogens is 2. The number of H-pyrrole nitrogens is 1. The van der Waals surface area contributed by atoms with Crippen LogP contribution in [0.5, 0.6) is 0 Å². The maximum Gasteiger partial charge on any atom is 0.335 e. The van der Waals surface area contributed by atoms with E-state index >= 15 is 0 Å². The molecule has 2 aromatic carbocycles. The maximum atomic E-state index is 10.9. The molecule has 1 aliphatic rings. The van der Waals surface area contributed by atoms with Gasteiger partial charge in [0, 0.05) is 19.0 Å². The fourth-order valence-corrected chi connectivity index (χ4v) is 3.38. The number of rotatable bonds is 4. The second kappa shape index (κ2) is 6.09. The van der Waals surface area contributed by atoms with E-state index in [-0.39, 0.29) is 0 Å². The highest BCUT2D eigenvalue weighted by Crippen LogP contribution is 2.27. The van der Waals surface area contributed by atoms with Crippen LogP contribution in [0.25, 0.3) is 11.0 Å². The molecule has 0 amide bonds. The Morgan fingerprint density at radius 3 is 2.75 bits per heavy atom. The lowest BCUT2D eigenvalue weighted by Gasteiger charge is -2.15. The molecule has 0 aliphatic carbocycles. The number of carbonyl (C=O) groups is 1. The van der Waals surface area contributed by atoms with Gasteiger partial charge in [0.15, 0.2) is 0 Å². The normalized spacial score (nSPS) is 18.2. The minimum Gasteiger partial charge on any atom is -0.478 e. The van der Waals surface area contributed by atoms with Crippen molar-refractivity contribution in [3.8, 4) is 0 Å². The number of nitrogens with one attached hydrogen (secondary N) is 1. The fourth-order valence-electron chi connectivity index (χ4n) is 3.38. The Hall–Kier alpha value is -2.66. The molecule has 2 heterocycles. The number of likely N-dealkylation sites (tertiary alicyclic amines) is 1. The monoisotopic (exact) mass is 321 g/mol. The summed E-state index contributed by atoms with van der Waals surface area (Å²) in [5, 5.41) is 8.96. The third-order valence-electron chi connectivity index (χ3n) is 4.67. The van der Waals surface area contributed by atoms with Crippen molar-refractivity contribution in [3.63, 3.8) is 0 Å². The molecule has 2 N–H and O–H groups in total. The summed E-state index contributed by atoms with van der Waals surface area (Å²) in [6.45, 7) is 2.85. The number of benzene rings is 2. The highest BCUT2D eigenvalue weighted by molar-refractivity contribution is 5.87. The Bertz CT molecular complexity index is 837. The Balaban J connectivity index is 1.43. The van der Waals surface area contributed by atoms with E-state index in [2.05, 4.69) is 16.0 Å². The molecule has 0 unspecified atom stereocenters. The number of para-hydroxylation sites is 2. The molecule has 1 aliphatic heterocycles. The van der Waals surface area contributed by atoms with Crippen molar-refractivity contribution < 1.29 is 9.90 Å². The summed E-state index contributed by atoms with van der Waals surface area (Å²) in [5.74, 6) is 0.614. The molecule has 1 saturated heterocycles. The van der Waals surface area contributed by atoms with Gasteiger partial charge in [-0.15, -0.1) is 0 Å². The fraction of sp³-hybridized carbons (Fsp3) is 0.263. The summed E-state index contributed by atoms with van der Waals surface area (Å²) in [6.07, 6.45) is 1.09. The third kappa shape index (κ3) is 2.90. The van der Waals surface area contributed by atoms with E-state index in [1.54, 1.807) is 12.1 Å². The maximum absolute atomic E-state index is 10.9. The Kier molecular flexibility index (Phi) is 3.78. The number of carboxylic acid groups (broad SMARTS) is 1. The van der Waals surface area contributed by atoms with Gasteiger partial charge in [-0.2, -0.15) is 0 Å². The number of hydrogen-bond donors (Lipinski definition) is 2. The Morgan fingerprint density at radius 1 is 1.21 bits per heavy atom. The van der Waals surface area contributed by atoms with Gasteiger partial charge in [-0.3, -0.25) is 4.90 Å². The van der Waals surface area contributed by atoms with Crippen molar-refractivity contribution >= 4 is 17.0 Å². The Labute approximate surface area is 139 Å². The van der Waals surface area contributed by atoms with Crippen molar-refractivity contribution in [2.24, 2.45) is 0 Å². The van der Waals surface area contributed by atoms with Gasteiger partial charge in [0.2, 0.25) is 0 Å². The van der Waals surface area contributed by atoms with Crippen molar-refractivity contribution in [2.45, 2.75) is 18.9 Å². The summed E-state index contributed by atoms with van der Waals surface area (Å²) in [5.41, 5.74) is 3.59. The zero-order valence-electron chi connectivity index (χ0n) is 13.3. The predicted molar refractivity (Wildman–Crippen MR) is 92.1 cm³/mol. The van der Waals surface area contributed by atoms with E-state index in [4.69, 9.17) is 10.1 Å². The van der Waals surface area contributed by atoms with Crippen molar-refractivity contribution in [3.05, 3.63) is 65.5 Å².